The fourth-order valence-electron chi connectivity index (χ4n) is 4.23. The molecule has 1 aliphatic rings. The van der Waals surface area contributed by atoms with Gasteiger partial charge < -0.3 is 20.4 Å². The Labute approximate surface area is 202 Å². The van der Waals surface area contributed by atoms with Crippen molar-refractivity contribution in [2.75, 3.05) is 19.6 Å². The Bertz CT molecular complexity index is 949. The summed E-state index contributed by atoms with van der Waals surface area (Å²) in [5.41, 5.74) is 2.08. The molecule has 2 aromatic rings. The molecule has 7 heteroatoms. The van der Waals surface area contributed by atoms with Crippen LogP contribution in [0.1, 0.15) is 38.3 Å². The largest absolute Gasteiger partial charge is 0.344 e. The van der Waals surface area contributed by atoms with Gasteiger partial charge in [-0.25, -0.2) is 4.79 Å². The molecular weight excluding hydrogens is 428 g/mol. The van der Waals surface area contributed by atoms with Crippen molar-refractivity contribution in [2.45, 2.75) is 58.2 Å². The number of carbonyl (C=O) groups excluding carboxylic acids is 3. The van der Waals surface area contributed by atoms with Crippen molar-refractivity contribution < 1.29 is 14.4 Å². The maximum absolute atomic E-state index is 13.5. The number of carbonyl (C=O) groups is 3. The molecule has 2 aromatic carbocycles. The molecule has 2 unspecified atom stereocenters. The minimum atomic E-state index is -0.645. The summed E-state index contributed by atoms with van der Waals surface area (Å²) in [5, 5.41) is 5.91. The van der Waals surface area contributed by atoms with Crippen LogP contribution in [0.3, 0.4) is 0 Å². The van der Waals surface area contributed by atoms with Crippen LogP contribution in [0.2, 0.25) is 0 Å². The summed E-state index contributed by atoms with van der Waals surface area (Å²) in [6.45, 7) is 7.15. The number of amides is 4. The van der Waals surface area contributed by atoms with Crippen molar-refractivity contribution in [1.82, 2.24) is 20.4 Å². The molecule has 0 aromatic heterocycles. The molecule has 2 N–H and O–H groups in total. The minimum absolute atomic E-state index is 0.0562. The molecule has 4 amide bonds. The van der Waals surface area contributed by atoms with Crippen LogP contribution in [0.5, 0.6) is 0 Å². The van der Waals surface area contributed by atoms with Crippen molar-refractivity contribution >= 4 is 17.8 Å². The number of urea groups is 1. The first-order chi connectivity index (χ1) is 16.3. The van der Waals surface area contributed by atoms with E-state index in [2.05, 4.69) is 10.6 Å². The van der Waals surface area contributed by atoms with Crippen molar-refractivity contribution in [3.63, 3.8) is 0 Å². The molecule has 34 heavy (non-hydrogen) atoms. The molecule has 0 aliphatic carbocycles. The summed E-state index contributed by atoms with van der Waals surface area (Å²) < 4.78 is 0. The summed E-state index contributed by atoms with van der Waals surface area (Å²) >= 11 is 0. The smallest absolute Gasteiger partial charge is 0.317 e. The normalized spacial score (nSPS) is 16.8. The molecule has 1 aliphatic heterocycles. The molecule has 1 saturated heterocycles. The summed E-state index contributed by atoms with van der Waals surface area (Å²) in [5.74, 6) is -0.242. The third-order valence-electron chi connectivity index (χ3n) is 6.01. The molecule has 182 valence electrons. The zero-order valence-electron chi connectivity index (χ0n) is 20.4. The highest BCUT2D eigenvalue weighted by molar-refractivity contribution is 5.88. The first kappa shape index (κ1) is 25.3. The predicted molar refractivity (Wildman–Crippen MR) is 133 cm³/mol. The van der Waals surface area contributed by atoms with Gasteiger partial charge in [0.2, 0.25) is 11.8 Å². The van der Waals surface area contributed by atoms with E-state index < -0.39 is 6.04 Å². The zero-order valence-corrected chi connectivity index (χ0v) is 20.4. The Hall–Kier alpha value is -3.35. The van der Waals surface area contributed by atoms with Gasteiger partial charge in [-0.15, -0.1) is 0 Å². The van der Waals surface area contributed by atoms with E-state index in [0.717, 1.165) is 11.1 Å². The van der Waals surface area contributed by atoms with E-state index in [-0.39, 0.29) is 29.9 Å². The summed E-state index contributed by atoms with van der Waals surface area (Å²) in [4.78, 5) is 42.3. The number of hydrogen-bond acceptors (Lipinski definition) is 3. The molecule has 0 bridgehead atoms. The van der Waals surface area contributed by atoms with Gasteiger partial charge >= 0.3 is 6.03 Å². The van der Waals surface area contributed by atoms with Crippen LogP contribution in [-0.4, -0.2) is 65.4 Å². The quantitative estimate of drug-likeness (QED) is 0.630. The molecule has 0 spiro atoms. The van der Waals surface area contributed by atoms with Crippen LogP contribution in [0.25, 0.3) is 0 Å². The van der Waals surface area contributed by atoms with E-state index >= 15 is 0 Å². The van der Waals surface area contributed by atoms with Gasteiger partial charge in [-0.1, -0.05) is 60.7 Å². The number of nitrogens with one attached hydrogen (secondary N) is 2. The van der Waals surface area contributed by atoms with Gasteiger partial charge in [0.1, 0.15) is 6.04 Å². The molecule has 1 fully saturated rings. The number of hydrogen-bond donors (Lipinski definition) is 2. The van der Waals surface area contributed by atoms with Crippen molar-refractivity contribution in [2.24, 2.45) is 0 Å². The monoisotopic (exact) mass is 464 g/mol. The van der Waals surface area contributed by atoms with E-state index in [4.69, 9.17) is 0 Å². The van der Waals surface area contributed by atoms with Gasteiger partial charge in [0, 0.05) is 44.6 Å². The Morgan fingerprint density at radius 3 is 2.12 bits per heavy atom. The van der Waals surface area contributed by atoms with Crippen LogP contribution in [-0.2, 0) is 22.4 Å². The fraction of sp³-hybridized carbons (Fsp3) is 0.444. The molecule has 2 atom stereocenters. The summed E-state index contributed by atoms with van der Waals surface area (Å²) in [7, 11) is 0. The van der Waals surface area contributed by atoms with Crippen LogP contribution in [0.4, 0.5) is 4.79 Å². The second kappa shape index (κ2) is 12.2. The number of benzene rings is 2. The van der Waals surface area contributed by atoms with Crippen LogP contribution < -0.4 is 10.6 Å². The van der Waals surface area contributed by atoms with Crippen LogP contribution in [0.15, 0.2) is 60.7 Å². The number of nitrogens with zero attached hydrogens (tertiary/aromatic N) is 2. The van der Waals surface area contributed by atoms with Crippen molar-refractivity contribution in [3.05, 3.63) is 71.8 Å². The van der Waals surface area contributed by atoms with Gasteiger partial charge in [-0.3, -0.25) is 9.59 Å². The predicted octanol–water partition coefficient (Wildman–Crippen LogP) is 3.00. The van der Waals surface area contributed by atoms with E-state index in [0.29, 0.717) is 38.9 Å². The standard InChI is InChI=1S/C27H36N4O3/c1-20(2)28-27(34)31-17-16-30(19-21(31)3)26(33)24(18-23-12-8-5-9-13-23)29-25(32)15-14-22-10-6-4-7-11-22/h4-13,20-21,24H,14-19H2,1-3H3,(H,28,34)(H,29,32). The SMILES string of the molecule is CC(C)NC(=O)N1CCN(C(=O)C(Cc2ccccc2)NC(=O)CCc2ccccc2)CC1C. The summed E-state index contributed by atoms with van der Waals surface area (Å²) in [6.07, 6.45) is 1.38. The van der Waals surface area contributed by atoms with Gasteiger partial charge in [-0.05, 0) is 38.3 Å². The second-order valence-corrected chi connectivity index (χ2v) is 9.23. The van der Waals surface area contributed by atoms with Crippen molar-refractivity contribution in [1.29, 1.82) is 0 Å². The molecule has 7 nitrogen and oxygen atoms in total. The maximum Gasteiger partial charge on any atom is 0.317 e. The number of aryl methyl sites for hydroxylation is 1. The summed E-state index contributed by atoms with van der Waals surface area (Å²) in [6, 6.07) is 18.8. The van der Waals surface area contributed by atoms with Gasteiger partial charge in [0.25, 0.3) is 0 Å². The fourth-order valence-corrected chi connectivity index (χ4v) is 4.23. The van der Waals surface area contributed by atoms with Crippen LogP contribution >= 0.6 is 0 Å². The molecule has 1 heterocycles. The Balaban J connectivity index is 1.64. The maximum atomic E-state index is 13.5. The lowest BCUT2D eigenvalue weighted by Crippen LogP contribution is -2.61. The van der Waals surface area contributed by atoms with Crippen molar-refractivity contribution in [3.8, 4) is 0 Å². The topological polar surface area (TPSA) is 81.8 Å². The molecule has 0 radical (unpaired) electrons. The zero-order chi connectivity index (χ0) is 24.5. The van der Waals surface area contributed by atoms with Gasteiger partial charge in [0.05, 0.1) is 0 Å². The lowest BCUT2D eigenvalue weighted by Gasteiger charge is -2.41. The highest BCUT2D eigenvalue weighted by atomic mass is 16.2. The number of piperazine rings is 1. The third-order valence-corrected chi connectivity index (χ3v) is 6.01. The lowest BCUT2D eigenvalue weighted by molar-refractivity contribution is -0.138. The first-order valence-electron chi connectivity index (χ1n) is 12.1. The molecule has 0 saturated carbocycles. The van der Waals surface area contributed by atoms with E-state index in [1.165, 1.54) is 0 Å². The minimum Gasteiger partial charge on any atom is -0.344 e. The Morgan fingerprint density at radius 1 is 0.912 bits per heavy atom. The highest BCUT2D eigenvalue weighted by Gasteiger charge is 2.33. The highest BCUT2D eigenvalue weighted by Crippen LogP contribution is 2.14. The van der Waals surface area contributed by atoms with E-state index in [9.17, 15) is 14.4 Å². The van der Waals surface area contributed by atoms with Gasteiger partial charge in [-0.2, -0.15) is 0 Å². The number of rotatable bonds is 8. The Kier molecular flexibility index (Phi) is 9.08. The molecule has 3 rings (SSSR count). The third kappa shape index (κ3) is 7.33. The average molecular weight is 465 g/mol. The Morgan fingerprint density at radius 2 is 1.53 bits per heavy atom. The van der Waals surface area contributed by atoms with E-state index in [1.807, 2.05) is 81.4 Å². The average Bonchev–Trinajstić information content (AvgIpc) is 2.82. The lowest BCUT2D eigenvalue weighted by atomic mass is 10.0. The van der Waals surface area contributed by atoms with E-state index in [1.54, 1.807) is 9.80 Å². The second-order valence-electron chi connectivity index (χ2n) is 9.23. The van der Waals surface area contributed by atoms with Crippen LogP contribution in [0, 0.1) is 0 Å². The first-order valence-corrected chi connectivity index (χ1v) is 12.1. The van der Waals surface area contributed by atoms with Gasteiger partial charge in [0.15, 0.2) is 0 Å². The molecular formula is C27H36N4O3.